The second-order valence-corrected chi connectivity index (χ2v) is 5.84. The standard InChI is InChI=1S/C14H19Cl2NO/c15-13-6-3-11(7-14(13)16)8-17-12-4-1-10(9-18)2-5-12/h3,6-7,10,12,17-18H,1-2,4-5,8-9H2. The van der Waals surface area contributed by atoms with Crippen molar-refractivity contribution < 1.29 is 5.11 Å². The number of rotatable bonds is 4. The number of aliphatic hydroxyl groups excluding tert-OH is 1. The maximum absolute atomic E-state index is 9.09. The van der Waals surface area contributed by atoms with E-state index in [1.54, 1.807) is 0 Å². The van der Waals surface area contributed by atoms with Gasteiger partial charge < -0.3 is 10.4 Å². The maximum atomic E-state index is 9.09. The highest BCUT2D eigenvalue weighted by atomic mass is 35.5. The second kappa shape index (κ2) is 6.76. The molecular formula is C14H19Cl2NO. The molecule has 0 amide bonds. The molecule has 18 heavy (non-hydrogen) atoms. The van der Waals surface area contributed by atoms with Gasteiger partial charge in [0.25, 0.3) is 0 Å². The molecule has 1 aromatic carbocycles. The summed E-state index contributed by atoms with van der Waals surface area (Å²) in [5.41, 5.74) is 1.16. The van der Waals surface area contributed by atoms with Gasteiger partial charge in [-0.3, -0.25) is 0 Å². The van der Waals surface area contributed by atoms with E-state index in [1.165, 1.54) is 0 Å². The van der Waals surface area contributed by atoms with Crippen molar-refractivity contribution in [1.29, 1.82) is 0 Å². The van der Waals surface area contributed by atoms with Gasteiger partial charge in [0.05, 0.1) is 10.0 Å². The van der Waals surface area contributed by atoms with E-state index >= 15 is 0 Å². The topological polar surface area (TPSA) is 32.3 Å². The number of hydrogen-bond donors (Lipinski definition) is 2. The average Bonchev–Trinajstić information content (AvgIpc) is 2.41. The van der Waals surface area contributed by atoms with E-state index in [9.17, 15) is 0 Å². The molecule has 2 nitrogen and oxygen atoms in total. The van der Waals surface area contributed by atoms with Gasteiger partial charge in [-0.1, -0.05) is 29.3 Å². The molecule has 4 heteroatoms. The maximum Gasteiger partial charge on any atom is 0.0595 e. The van der Waals surface area contributed by atoms with Crippen molar-refractivity contribution in [1.82, 2.24) is 5.32 Å². The minimum Gasteiger partial charge on any atom is -0.396 e. The van der Waals surface area contributed by atoms with E-state index < -0.39 is 0 Å². The highest BCUT2D eigenvalue weighted by Crippen LogP contribution is 2.25. The number of hydrogen-bond acceptors (Lipinski definition) is 2. The van der Waals surface area contributed by atoms with Gasteiger partial charge in [-0.2, -0.15) is 0 Å². The van der Waals surface area contributed by atoms with E-state index in [-0.39, 0.29) is 0 Å². The number of halogens is 2. The summed E-state index contributed by atoms with van der Waals surface area (Å²) in [6.45, 7) is 1.16. The quantitative estimate of drug-likeness (QED) is 0.886. The Morgan fingerprint density at radius 1 is 1.11 bits per heavy atom. The summed E-state index contributed by atoms with van der Waals surface area (Å²) in [6, 6.07) is 6.31. The van der Waals surface area contributed by atoms with Gasteiger partial charge in [-0.05, 0) is 49.3 Å². The van der Waals surface area contributed by atoms with Gasteiger partial charge in [-0.25, -0.2) is 0 Å². The molecule has 1 fully saturated rings. The molecule has 0 unspecified atom stereocenters. The molecule has 1 aliphatic rings. The first-order valence-corrected chi connectivity index (χ1v) is 7.23. The Morgan fingerprint density at radius 3 is 2.44 bits per heavy atom. The van der Waals surface area contributed by atoms with Crippen LogP contribution in [0.2, 0.25) is 10.0 Å². The van der Waals surface area contributed by atoms with Crippen LogP contribution in [0.1, 0.15) is 31.2 Å². The van der Waals surface area contributed by atoms with Gasteiger partial charge >= 0.3 is 0 Å². The minimum absolute atomic E-state index is 0.333. The van der Waals surface area contributed by atoms with Crippen LogP contribution in [0.4, 0.5) is 0 Å². The predicted octanol–water partition coefficient (Wildman–Crippen LogP) is 3.63. The predicted molar refractivity (Wildman–Crippen MR) is 76.1 cm³/mol. The van der Waals surface area contributed by atoms with Crippen LogP contribution < -0.4 is 5.32 Å². The first-order valence-electron chi connectivity index (χ1n) is 6.47. The third-order valence-electron chi connectivity index (χ3n) is 3.68. The van der Waals surface area contributed by atoms with Crippen molar-refractivity contribution in [3.05, 3.63) is 33.8 Å². The zero-order valence-electron chi connectivity index (χ0n) is 10.3. The first kappa shape index (κ1) is 14.1. The Bertz CT molecular complexity index is 389. The van der Waals surface area contributed by atoms with Crippen molar-refractivity contribution in [3.63, 3.8) is 0 Å². The number of nitrogens with one attached hydrogen (secondary N) is 1. The van der Waals surface area contributed by atoms with E-state index in [0.29, 0.717) is 28.6 Å². The lowest BCUT2D eigenvalue weighted by molar-refractivity contribution is 0.175. The summed E-state index contributed by atoms with van der Waals surface area (Å²) in [4.78, 5) is 0. The first-order chi connectivity index (χ1) is 8.69. The molecular weight excluding hydrogens is 269 g/mol. The van der Waals surface area contributed by atoms with Crippen LogP contribution in [0, 0.1) is 5.92 Å². The van der Waals surface area contributed by atoms with Crippen LogP contribution >= 0.6 is 23.2 Å². The molecule has 2 rings (SSSR count). The van der Waals surface area contributed by atoms with Crippen molar-refractivity contribution >= 4 is 23.2 Å². The van der Waals surface area contributed by atoms with Crippen molar-refractivity contribution in [3.8, 4) is 0 Å². The lowest BCUT2D eigenvalue weighted by Crippen LogP contribution is -2.33. The van der Waals surface area contributed by atoms with E-state index in [4.69, 9.17) is 28.3 Å². The largest absolute Gasteiger partial charge is 0.396 e. The monoisotopic (exact) mass is 287 g/mol. The van der Waals surface area contributed by atoms with Crippen LogP contribution in [0.25, 0.3) is 0 Å². The Balaban J connectivity index is 1.79. The smallest absolute Gasteiger partial charge is 0.0595 e. The molecule has 0 heterocycles. The lowest BCUT2D eigenvalue weighted by Gasteiger charge is -2.28. The highest BCUT2D eigenvalue weighted by molar-refractivity contribution is 6.42. The summed E-state index contributed by atoms with van der Waals surface area (Å²) in [6.07, 6.45) is 4.53. The molecule has 1 aliphatic carbocycles. The normalized spacial score (nSPS) is 24.2. The van der Waals surface area contributed by atoms with Gasteiger partial charge in [0.15, 0.2) is 0 Å². The summed E-state index contributed by atoms with van der Waals surface area (Å²) in [5.74, 6) is 0.507. The second-order valence-electron chi connectivity index (χ2n) is 5.03. The Kier molecular flexibility index (Phi) is 5.31. The molecule has 0 atom stereocenters. The Labute approximate surface area is 118 Å². The molecule has 0 saturated heterocycles. The molecule has 100 valence electrons. The fourth-order valence-electron chi connectivity index (χ4n) is 2.46. The molecule has 0 aliphatic heterocycles. The third-order valence-corrected chi connectivity index (χ3v) is 4.42. The van der Waals surface area contributed by atoms with Crippen molar-refractivity contribution in [2.24, 2.45) is 5.92 Å². The summed E-state index contributed by atoms with van der Waals surface area (Å²) in [5, 5.41) is 13.9. The van der Waals surface area contributed by atoms with Crippen LogP contribution in [-0.2, 0) is 6.54 Å². The Hall–Kier alpha value is -0.280. The molecule has 0 bridgehead atoms. The van der Waals surface area contributed by atoms with E-state index in [2.05, 4.69) is 5.32 Å². The summed E-state index contributed by atoms with van der Waals surface area (Å²) < 4.78 is 0. The van der Waals surface area contributed by atoms with E-state index in [1.807, 2.05) is 18.2 Å². The van der Waals surface area contributed by atoms with Crippen LogP contribution in [-0.4, -0.2) is 17.8 Å². The van der Waals surface area contributed by atoms with Crippen LogP contribution in [0.15, 0.2) is 18.2 Å². The van der Waals surface area contributed by atoms with E-state index in [0.717, 1.165) is 37.8 Å². The molecule has 1 aromatic rings. The minimum atomic E-state index is 0.333. The SMILES string of the molecule is OCC1CCC(NCc2ccc(Cl)c(Cl)c2)CC1. The fourth-order valence-corrected chi connectivity index (χ4v) is 2.78. The zero-order chi connectivity index (χ0) is 13.0. The highest BCUT2D eigenvalue weighted by Gasteiger charge is 2.19. The van der Waals surface area contributed by atoms with Gasteiger partial charge in [0.1, 0.15) is 0 Å². The van der Waals surface area contributed by atoms with Crippen molar-refractivity contribution in [2.45, 2.75) is 38.3 Å². The number of benzene rings is 1. The summed E-state index contributed by atoms with van der Waals surface area (Å²) >= 11 is 11.9. The molecule has 0 radical (unpaired) electrons. The van der Waals surface area contributed by atoms with Gasteiger partial charge in [-0.15, -0.1) is 0 Å². The molecule has 2 N–H and O–H groups in total. The van der Waals surface area contributed by atoms with Crippen molar-refractivity contribution in [2.75, 3.05) is 6.61 Å². The molecule has 0 aromatic heterocycles. The summed E-state index contributed by atoms with van der Waals surface area (Å²) in [7, 11) is 0. The number of aliphatic hydroxyl groups is 1. The zero-order valence-corrected chi connectivity index (χ0v) is 11.8. The van der Waals surface area contributed by atoms with Gasteiger partial charge in [0.2, 0.25) is 0 Å². The van der Waals surface area contributed by atoms with Gasteiger partial charge in [0, 0.05) is 19.2 Å². The fraction of sp³-hybridized carbons (Fsp3) is 0.571. The third kappa shape index (κ3) is 3.86. The Morgan fingerprint density at radius 2 is 1.83 bits per heavy atom. The van der Waals surface area contributed by atoms with Crippen LogP contribution in [0.5, 0.6) is 0 Å². The molecule has 1 saturated carbocycles. The average molecular weight is 288 g/mol. The molecule has 0 spiro atoms. The lowest BCUT2D eigenvalue weighted by atomic mass is 9.86. The van der Waals surface area contributed by atoms with Crippen LogP contribution in [0.3, 0.4) is 0 Å².